The topological polar surface area (TPSA) is 79.6 Å². The zero-order valence-corrected chi connectivity index (χ0v) is 13.6. The number of nitro groups is 1. The maximum atomic E-state index is 10.6. The molecule has 0 bridgehead atoms. The maximum Gasteiger partial charge on any atom is 0.269 e. The standard InChI is InChI=1S/C16H16N4O2S/c1-11-3-7-14(8-4-11)17-16(23)19-18-12(2)13-5-9-15(10-6-13)20(21)22/h3-10H,1-2H3,(H2,17,19,23). The Hall–Kier alpha value is -2.80. The van der Waals surface area contributed by atoms with Crippen molar-refractivity contribution in [2.24, 2.45) is 5.10 Å². The van der Waals surface area contributed by atoms with Crippen molar-refractivity contribution in [3.8, 4) is 0 Å². The van der Waals surface area contributed by atoms with Crippen molar-refractivity contribution in [3.63, 3.8) is 0 Å². The van der Waals surface area contributed by atoms with Gasteiger partial charge in [-0.1, -0.05) is 17.7 Å². The van der Waals surface area contributed by atoms with Gasteiger partial charge in [-0.25, -0.2) is 0 Å². The molecule has 0 amide bonds. The first-order chi connectivity index (χ1) is 11.0. The Balaban J connectivity index is 1.96. The number of nitro benzene ring substituents is 1. The Morgan fingerprint density at radius 2 is 1.74 bits per heavy atom. The lowest BCUT2D eigenvalue weighted by Crippen LogP contribution is -2.24. The lowest BCUT2D eigenvalue weighted by molar-refractivity contribution is -0.384. The van der Waals surface area contributed by atoms with Crippen molar-refractivity contribution in [2.45, 2.75) is 13.8 Å². The fraction of sp³-hybridized carbons (Fsp3) is 0.125. The number of hydrazone groups is 1. The Morgan fingerprint density at radius 3 is 2.30 bits per heavy atom. The molecule has 2 aromatic rings. The Labute approximate surface area is 139 Å². The van der Waals surface area contributed by atoms with Crippen LogP contribution in [0.2, 0.25) is 0 Å². The molecule has 0 unspecified atom stereocenters. The molecule has 0 spiro atoms. The van der Waals surface area contributed by atoms with Crippen molar-refractivity contribution in [1.82, 2.24) is 5.43 Å². The SMILES string of the molecule is CC(=NNC(=S)Nc1ccc(C)cc1)c1ccc([N+](=O)[O-])cc1. The van der Waals surface area contributed by atoms with E-state index >= 15 is 0 Å². The Bertz CT molecular complexity index is 740. The molecule has 118 valence electrons. The second kappa shape index (κ2) is 7.46. The lowest BCUT2D eigenvalue weighted by Gasteiger charge is -2.08. The van der Waals surface area contributed by atoms with Gasteiger partial charge in [-0.3, -0.25) is 15.5 Å². The molecule has 2 N–H and O–H groups in total. The molecule has 0 heterocycles. The molecule has 7 heteroatoms. The molecule has 0 aliphatic heterocycles. The van der Waals surface area contributed by atoms with Crippen LogP contribution in [0, 0.1) is 17.0 Å². The first-order valence-corrected chi connectivity index (χ1v) is 7.29. The van der Waals surface area contributed by atoms with E-state index in [1.807, 2.05) is 31.2 Å². The number of nitrogens with zero attached hydrogens (tertiary/aromatic N) is 2. The van der Waals surface area contributed by atoms with Crippen molar-refractivity contribution in [3.05, 3.63) is 69.8 Å². The van der Waals surface area contributed by atoms with Crippen molar-refractivity contribution in [2.75, 3.05) is 5.32 Å². The fourth-order valence-corrected chi connectivity index (χ4v) is 1.98. The van der Waals surface area contributed by atoms with Crippen LogP contribution < -0.4 is 10.7 Å². The minimum absolute atomic E-state index is 0.0473. The van der Waals surface area contributed by atoms with E-state index in [9.17, 15) is 10.1 Å². The van der Waals surface area contributed by atoms with Gasteiger partial charge in [0.15, 0.2) is 5.11 Å². The second-order valence-corrected chi connectivity index (χ2v) is 5.34. The predicted molar refractivity (Wildman–Crippen MR) is 95.8 cm³/mol. The summed E-state index contributed by atoms with van der Waals surface area (Å²) in [5.74, 6) is 0. The highest BCUT2D eigenvalue weighted by atomic mass is 32.1. The van der Waals surface area contributed by atoms with E-state index in [1.165, 1.54) is 17.7 Å². The fourth-order valence-electron chi connectivity index (χ4n) is 1.82. The van der Waals surface area contributed by atoms with Crippen molar-refractivity contribution < 1.29 is 4.92 Å². The summed E-state index contributed by atoms with van der Waals surface area (Å²) in [5, 5.41) is 18.2. The third-order valence-electron chi connectivity index (χ3n) is 3.13. The van der Waals surface area contributed by atoms with Gasteiger partial charge >= 0.3 is 0 Å². The number of aryl methyl sites for hydroxylation is 1. The van der Waals surface area contributed by atoms with E-state index in [0.29, 0.717) is 10.8 Å². The highest BCUT2D eigenvalue weighted by Gasteiger charge is 2.05. The Kier molecular flexibility index (Phi) is 5.37. The van der Waals surface area contributed by atoms with E-state index in [0.717, 1.165) is 11.3 Å². The van der Waals surface area contributed by atoms with Gasteiger partial charge in [-0.15, -0.1) is 0 Å². The number of benzene rings is 2. The van der Waals surface area contributed by atoms with Gasteiger partial charge in [0.05, 0.1) is 10.6 Å². The second-order valence-electron chi connectivity index (χ2n) is 4.93. The highest BCUT2D eigenvalue weighted by molar-refractivity contribution is 7.80. The molecule has 0 atom stereocenters. The van der Waals surface area contributed by atoms with Crippen LogP contribution in [0.1, 0.15) is 18.1 Å². The van der Waals surface area contributed by atoms with Gasteiger partial charge in [0.25, 0.3) is 5.69 Å². The van der Waals surface area contributed by atoms with Crippen molar-refractivity contribution in [1.29, 1.82) is 0 Å². The number of nitrogens with one attached hydrogen (secondary N) is 2. The van der Waals surface area contributed by atoms with E-state index < -0.39 is 4.92 Å². The number of thiocarbonyl (C=S) groups is 1. The van der Waals surface area contributed by atoms with Gasteiger partial charge < -0.3 is 5.32 Å². The third-order valence-corrected chi connectivity index (χ3v) is 3.32. The monoisotopic (exact) mass is 328 g/mol. The molecule has 6 nitrogen and oxygen atoms in total. The number of rotatable bonds is 4. The van der Waals surface area contributed by atoms with Gasteiger partial charge in [0, 0.05) is 17.8 Å². The molecule has 2 rings (SSSR count). The summed E-state index contributed by atoms with van der Waals surface area (Å²) in [6, 6.07) is 14.0. The van der Waals surface area contributed by atoms with Crippen LogP contribution in [0.5, 0.6) is 0 Å². The first-order valence-electron chi connectivity index (χ1n) is 6.88. The number of hydrogen-bond donors (Lipinski definition) is 2. The molecular weight excluding hydrogens is 312 g/mol. The third kappa shape index (κ3) is 4.86. The van der Waals surface area contributed by atoms with Gasteiger partial charge in [-0.2, -0.15) is 5.10 Å². The molecule has 0 radical (unpaired) electrons. The molecule has 0 aliphatic carbocycles. The normalized spacial score (nSPS) is 11.0. The van der Waals surface area contributed by atoms with Crippen LogP contribution in [0.4, 0.5) is 11.4 Å². The van der Waals surface area contributed by atoms with E-state index in [4.69, 9.17) is 12.2 Å². The van der Waals surface area contributed by atoms with E-state index in [-0.39, 0.29) is 5.69 Å². The van der Waals surface area contributed by atoms with Crippen LogP contribution >= 0.6 is 12.2 Å². The average molecular weight is 328 g/mol. The summed E-state index contributed by atoms with van der Waals surface area (Å²) in [6.45, 7) is 3.81. The van der Waals surface area contributed by atoms with Crippen LogP contribution in [0.3, 0.4) is 0 Å². The van der Waals surface area contributed by atoms with Crippen LogP contribution in [-0.2, 0) is 0 Å². The molecular formula is C16H16N4O2S. The van der Waals surface area contributed by atoms with E-state index in [1.54, 1.807) is 19.1 Å². The molecule has 0 aliphatic rings. The number of anilines is 1. The van der Waals surface area contributed by atoms with Gasteiger partial charge in [0.2, 0.25) is 0 Å². The zero-order chi connectivity index (χ0) is 16.8. The highest BCUT2D eigenvalue weighted by Crippen LogP contribution is 2.12. The summed E-state index contributed by atoms with van der Waals surface area (Å²) in [6.07, 6.45) is 0. The number of non-ortho nitro benzene ring substituents is 1. The molecule has 0 saturated carbocycles. The minimum Gasteiger partial charge on any atom is -0.331 e. The maximum absolute atomic E-state index is 10.6. The van der Waals surface area contributed by atoms with Gasteiger partial charge in [0.1, 0.15) is 0 Å². The summed E-state index contributed by atoms with van der Waals surface area (Å²) >= 11 is 5.17. The molecule has 23 heavy (non-hydrogen) atoms. The minimum atomic E-state index is -0.435. The lowest BCUT2D eigenvalue weighted by atomic mass is 10.1. The molecule has 0 fully saturated rings. The quantitative estimate of drug-likeness (QED) is 0.388. The smallest absolute Gasteiger partial charge is 0.269 e. The van der Waals surface area contributed by atoms with Gasteiger partial charge in [-0.05, 0) is 55.9 Å². The number of hydrogen-bond acceptors (Lipinski definition) is 4. The van der Waals surface area contributed by atoms with Crippen molar-refractivity contribution >= 4 is 34.4 Å². The van der Waals surface area contributed by atoms with E-state index in [2.05, 4.69) is 15.8 Å². The predicted octanol–water partition coefficient (Wildman–Crippen LogP) is 3.61. The molecule has 2 aromatic carbocycles. The molecule has 0 saturated heterocycles. The summed E-state index contributed by atoms with van der Waals surface area (Å²) < 4.78 is 0. The zero-order valence-electron chi connectivity index (χ0n) is 12.7. The molecule has 0 aromatic heterocycles. The van der Waals surface area contributed by atoms with Crippen LogP contribution in [-0.4, -0.2) is 15.7 Å². The largest absolute Gasteiger partial charge is 0.331 e. The summed E-state index contributed by atoms with van der Waals surface area (Å²) in [5.41, 5.74) is 6.30. The summed E-state index contributed by atoms with van der Waals surface area (Å²) in [4.78, 5) is 10.2. The first kappa shape index (κ1) is 16.6. The van der Waals surface area contributed by atoms with Crippen LogP contribution in [0.15, 0.2) is 53.6 Å². The Morgan fingerprint density at radius 1 is 1.13 bits per heavy atom. The summed E-state index contributed by atoms with van der Waals surface area (Å²) in [7, 11) is 0. The average Bonchev–Trinajstić information content (AvgIpc) is 2.55. The van der Waals surface area contributed by atoms with Crippen LogP contribution in [0.25, 0.3) is 0 Å².